The molecule has 0 aliphatic heterocycles. The Balaban J connectivity index is 4.16. The number of carbonyl (C=O) groups excluding carboxylic acids is 3. The molecule has 0 saturated heterocycles. The first-order valence-electron chi connectivity index (χ1n) is 28.6. The van der Waals surface area contributed by atoms with Gasteiger partial charge in [-0.15, -0.1) is 0 Å². The van der Waals surface area contributed by atoms with Crippen molar-refractivity contribution in [3.63, 3.8) is 0 Å². The number of esters is 3. The summed E-state index contributed by atoms with van der Waals surface area (Å²) < 4.78 is 16.7. The quantitative estimate of drug-likeness (QED) is 0.0262. The molecular weight excluding hydrogens is 841 g/mol. The zero-order valence-corrected chi connectivity index (χ0v) is 44.6. The lowest BCUT2D eigenvalue weighted by atomic mass is 10.1. The molecule has 0 radical (unpaired) electrons. The summed E-state index contributed by atoms with van der Waals surface area (Å²) in [5, 5.41) is 0. The minimum absolute atomic E-state index is 0.0800. The summed E-state index contributed by atoms with van der Waals surface area (Å²) in [7, 11) is 0. The van der Waals surface area contributed by atoms with Gasteiger partial charge in [0.25, 0.3) is 0 Å². The van der Waals surface area contributed by atoms with Gasteiger partial charge in [-0.25, -0.2) is 0 Å². The highest BCUT2D eigenvalue weighted by Gasteiger charge is 2.19. The number of allylic oxidation sites excluding steroid dienone is 14. The molecule has 0 aromatic heterocycles. The summed E-state index contributed by atoms with van der Waals surface area (Å²) in [5.74, 6) is -0.899. The maximum absolute atomic E-state index is 12.8. The zero-order valence-electron chi connectivity index (χ0n) is 44.6. The van der Waals surface area contributed by atoms with Crippen molar-refractivity contribution in [3.8, 4) is 0 Å². The average molecular weight is 948 g/mol. The van der Waals surface area contributed by atoms with Crippen LogP contribution in [0.4, 0.5) is 0 Å². The van der Waals surface area contributed by atoms with E-state index in [0.29, 0.717) is 19.3 Å². The number of carbonyl (C=O) groups is 3. The molecule has 6 heteroatoms. The van der Waals surface area contributed by atoms with Crippen molar-refractivity contribution in [2.45, 2.75) is 277 Å². The Morgan fingerprint density at radius 1 is 0.309 bits per heavy atom. The van der Waals surface area contributed by atoms with Gasteiger partial charge in [0.1, 0.15) is 13.2 Å². The highest BCUT2D eigenvalue weighted by molar-refractivity contribution is 5.71. The maximum atomic E-state index is 12.8. The second-order valence-corrected chi connectivity index (χ2v) is 18.8. The molecule has 0 heterocycles. The van der Waals surface area contributed by atoms with E-state index in [1.54, 1.807) is 0 Å². The van der Waals surface area contributed by atoms with E-state index in [0.717, 1.165) is 103 Å². The topological polar surface area (TPSA) is 78.9 Å². The van der Waals surface area contributed by atoms with Crippen molar-refractivity contribution in [2.75, 3.05) is 13.2 Å². The van der Waals surface area contributed by atoms with Crippen LogP contribution in [0.25, 0.3) is 0 Å². The smallest absolute Gasteiger partial charge is 0.306 e. The lowest BCUT2D eigenvalue weighted by Gasteiger charge is -2.18. The van der Waals surface area contributed by atoms with Crippen molar-refractivity contribution < 1.29 is 28.6 Å². The third-order valence-electron chi connectivity index (χ3n) is 12.1. The molecule has 0 spiro atoms. The minimum atomic E-state index is -0.779. The molecule has 0 aliphatic carbocycles. The van der Waals surface area contributed by atoms with Crippen LogP contribution in [0.5, 0.6) is 0 Å². The molecule has 0 N–H and O–H groups in total. The van der Waals surface area contributed by atoms with Gasteiger partial charge in [-0.05, 0) is 96.3 Å². The number of hydrogen-bond donors (Lipinski definition) is 0. The molecular formula is C62H106O6. The molecule has 0 aromatic carbocycles. The Morgan fingerprint density at radius 2 is 0.574 bits per heavy atom. The maximum Gasteiger partial charge on any atom is 0.306 e. The number of unbranched alkanes of at least 4 members (excludes halogenated alkanes) is 26. The van der Waals surface area contributed by atoms with Crippen LogP contribution in [-0.4, -0.2) is 37.2 Å². The minimum Gasteiger partial charge on any atom is -0.462 e. The summed E-state index contributed by atoms with van der Waals surface area (Å²) in [6.07, 6.45) is 73.2. The SMILES string of the molecule is CC/C=C\C/C=C\C/C=C\C/C=C\C/C=C\C/C=C\CCCCCCCCCCC(=O)OCC(COC(=O)CCCCCCCC)OC(=O)CCCCCCCCC/C=C\CCCCCCCC. The number of hydrogen-bond acceptors (Lipinski definition) is 6. The molecule has 0 aliphatic rings. The molecule has 1 atom stereocenters. The first-order valence-corrected chi connectivity index (χ1v) is 28.6. The molecule has 0 aromatic rings. The monoisotopic (exact) mass is 947 g/mol. The second kappa shape index (κ2) is 56.2. The molecule has 390 valence electrons. The molecule has 0 amide bonds. The van der Waals surface area contributed by atoms with E-state index in [1.807, 2.05) is 0 Å². The molecule has 0 fully saturated rings. The van der Waals surface area contributed by atoms with Gasteiger partial charge in [-0.2, -0.15) is 0 Å². The fourth-order valence-corrected chi connectivity index (χ4v) is 7.85. The standard InChI is InChI=1S/C62H106O6/c1-4-7-10-13-16-18-20-22-24-26-27-28-29-30-31-32-33-34-35-37-38-40-42-44-46-49-52-55-61(64)67-58-59(57-66-60(63)54-51-48-15-12-9-6-3)68-62(65)56-53-50-47-45-43-41-39-36-25-23-21-19-17-14-11-8-5-2/h7,10,16,18,22-25,27-28,30-31,33-34,59H,4-6,8-9,11-15,17,19-21,26,29,32,35-58H2,1-3H3/b10-7-,18-16-,24-22-,25-23-,28-27-,31-30-,34-33-. The van der Waals surface area contributed by atoms with Crippen LogP contribution in [0.3, 0.4) is 0 Å². The fraction of sp³-hybridized carbons (Fsp3) is 0.726. The first-order chi connectivity index (χ1) is 33.5. The Kier molecular flexibility index (Phi) is 53.4. The summed E-state index contributed by atoms with van der Waals surface area (Å²) in [6, 6.07) is 0. The van der Waals surface area contributed by atoms with Crippen molar-refractivity contribution >= 4 is 17.9 Å². The highest BCUT2D eigenvalue weighted by Crippen LogP contribution is 2.15. The summed E-state index contributed by atoms with van der Waals surface area (Å²) in [4.78, 5) is 37.9. The molecule has 1 unspecified atom stereocenters. The normalized spacial score (nSPS) is 12.7. The van der Waals surface area contributed by atoms with Gasteiger partial charge in [0.2, 0.25) is 0 Å². The van der Waals surface area contributed by atoms with Crippen molar-refractivity contribution in [1.82, 2.24) is 0 Å². The Bertz CT molecular complexity index is 1320. The van der Waals surface area contributed by atoms with Crippen LogP contribution < -0.4 is 0 Å². The van der Waals surface area contributed by atoms with Crippen LogP contribution in [0.2, 0.25) is 0 Å². The predicted molar refractivity (Wildman–Crippen MR) is 293 cm³/mol. The van der Waals surface area contributed by atoms with Gasteiger partial charge in [-0.1, -0.05) is 241 Å². The van der Waals surface area contributed by atoms with Crippen LogP contribution in [0, 0.1) is 0 Å². The first kappa shape index (κ1) is 64.6. The molecule has 6 nitrogen and oxygen atoms in total. The zero-order chi connectivity index (χ0) is 49.3. The van der Waals surface area contributed by atoms with E-state index in [2.05, 4.69) is 106 Å². The van der Waals surface area contributed by atoms with E-state index in [4.69, 9.17) is 14.2 Å². The predicted octanol–water partition coefficient (Wildman–Crippen LogP) is 19.2. The molecule has 0 bridgehead atoms. The summed E-state index contributed by atoms with van der Waals surface area (Å²) in [6.45, 7) is 6.46. The lowest BCUT2D eigenvalue weighted by Crippen LogP contribution is -2.30. The van der Waals surface area contributed by atoms with E-state index in [-0.39, 0.29) is 31.1 Å². The van der Waals surface area contributed by atoms with E-state index in [1.165, 1.54) is 128 Å². The second-order valence-electron chi connectivity index (χ2n) is 18.8. The number of ether oxygens (including phenoxy) is 3. The lowest BCUT2D eigenvalue weighted by molar-refractivity contribution is -0.167. The largest absolute Gasteiger partial charge is 0.462 e. The summed E-state index contributed by atoms with van der Waals surface area (Å²) >= 11 is 0. The van der Waals surface area contributed by atoms with Crippen LogP contribution in [0.1, 0.15) is 271 Å². The average Bonchev–Trinajstić information content (AvgIpc) is 3.34. The van der Waals surface area contributed by atoms with E-state index < -0.39 is 6.10 Å². The van der Waals surface area contributed by atoms with Gasteiger partial charge in [-0.3, -0.25) is 14.4 Å². The fourth-order valence-electron chi connectivity index (χ4n) is 7.85. The van der Waals surface area contributed by atoms with Gasteiger partial charge >= 0.3 is 17.9 Å². The van der Waals surface area contributed by atoms with Crippen LogP contribution in [0.15, 0.2) is 85.1 Å². The Labute approximate surface area is 420 Å². The molecule has 68 heavy (non-hydrogen) atoms. The van der Waals surface area contributed by atoms with Crippen molar-refractivity contribution in [3.05, 3.63) is 85.1 Å². The molecule has 0 rings (SSSR count). The number of rotatable bonds is 51. The van der Waals surface area contributed by atoms with Crippen LogP contribution in [-0.2, 0) is 28.6 Å². The van der Waals surface area contributed by atoms with Gasteiger partial charge in [0.05, 0.1) is 0 Å². The Hall–Kier alpha value is -3.41. The summed E-state index contributed by atoms with van der Waals surface area (Å²) in [5.41, 5.74) is 0. The van der Waals surface area contributed by atoms with Gasteiger partial charge in [0.15, 0.2) is 6.10 Å². The third kappa shape index (κ3) is 53.5. The van der Waals surface area contributed by atoms with Gasteiger partial charge < -0.3 is 14.2 Å². The van der Waals surface area contributed by atoms with Crippen molar-refractivity contribution in [1.29, 1.82) is 0 Å². The van der Waals surface area contributed by atoms with E-state index >= 15 is 0 Å². The molecule has 0 saturated carbocycles. The Morgan fingerprint density at radius 3 is 0.912 bits per heavy atom. The van der Waals surface area contributed by atoms with Crippen LogP contribution >= 0.6 is 0 Å². The van der Waals surface area contributed by atoms with Gasteiger partial charge in [0, 0.05) is 19.3 Å². The third-order valence-corrected chi connectivity index (χ3v) is 12.1. The van der Waals surface area contributed by atoms with E-state index in [9.17, 15) is 14.4 Å². The highest BCUT2D eigenvalue weighted by atomic mass is 16.6. The van der Waals surface area contributed by atoms with Crippen molar-refractivity contribution in [2.24, 2.45) is 0 Å².